The van der Waals surface area contributed by atoms with Gasteiger partial charge in [-0.2, -0.15) is 0 Å². The summed E-state index contributed by atoms with van der Waals surface area (Å²) in [5.41, 5.74) is 2.97. The number of piperidine rings is 1. The molecule has 0 aliphatic carbocycles. The molecule has 22 heavy (non-hydrogen) atoms. The minimum atomic E-state index is 0.0544. The van der Waals surface area contributed by atoms with Crippen LogP contribution in [-0.4, -0.2) is 33.9 Å². The molecular weight excluding hydrogens is 274 g/mol. The van der Waals surface area contributed by atoms with Crippen LogP contribution in [0.25, 0.3) is 0 Å². The van der Waals surface area contributed by atoms with Gasteiger partial charge in [-0.3, -0.25) is 14.8 Å². The Morgan fingerprint density at radius 3 is 2.68 bits per heavy atom. The molecule has 0 atom stereocenters. The zero-order valence-electron chi connectivity index (χ0n) is 12.9. The molecule has 0 bridgehead atoms. The molecule has 1 fully saturated rings. The molecule has 114 valence electrons. The van der Waals surface area contributed by atoms with Crippen LogP contribution in [0.2, 0.25) is 0 Å². The van der Waals surface area contributed by atoms with Gasteiger partial charge in [0.25, 0.3) is 5.91 Å². The average molecular weight is 295 g/mol. The van der Waals surface area contributed by atoms with E-state index in [9.17, 15) is 4.79 Å². The zero-order valence-corrected chi connectivity index (χ0v) is 12.9. The van der Waals surface area contributed by atoms with Crippen LogP contribution in [0.1, 0.15) is 34.6 Å². The van der Waals surface area contributed by atoms with Gasteiger partial charge in [0.15, 0.2) is 0 Å². The van der Waals surface area contributed by atoms with Gasteiger partial charge >= 0.3 is 0 Å². The summed E-state index contributed by atoms with van der Waals surface area (Å²) in [5, 5.41) is 0. The van der Waals surface area contributed by atoms with Gasteiger partial charge < -0.3 is 4.90 Å². The predicted octanol–water partition coefficient (Wildman–Crippen LogP) is 2.88. The van der Waals surface area contributed by atoms with Crippen LogP contribution in [0.5, 0.6) is 0 Å². The molecule has 0 spiro atoms. The van der Waals surface area contributed by atoms with Crippen molar-refractivity contribution in [3.05, 3.63) is 59.7 Å². The van der Waals surface area contributed by atoms with Gasteiger partial charge in [0.1, 0.15) is 5.69 Å². The van der Waals surface area contributed by atoms with Crippen molar-refractivity contribution >= 4 is 5.91 Å². The molecule has 1 saturated heterocycles. The molecule has 3 rings (SSSR count). The third-order valence-electron chi connectivity index (χ3n) is 4.27. The van der Waals surface area contributed by atoms with E-state index in [4.69, 9.17) is 0 Å². The number of aryl methyl sites for hydroxylation is 1. The molecule has 1 aliphatic heterocycles. The zero-order chi connectivity index (χ0) is 15.4. The Morgan fingerprint density at radius 1 is 1.18 bits per heavy atom. The maximum Gasteiger partial charge on any atom is 0.272 e. The average Bonchev–Trinajstić information content (AvgIpc) is 2.56. The number of rotatable bonds is 3. The van der Waals surface area contributed by atoms with Crippen LogP contribution in [0, 0.1) is 12.8 Å². The third-order valence-corrected chi connectivity index (χ3v) is 4.27. The molecule has 0 saturated carbocycles. The summed E-state index contributed by atoms with van der Waals surface area (Å²) in [6.07, 6.45) is 6.74. The number of hydrogen-bond acceptors (Lipinski definition) is 3. The van der Waals surface area contributed by atoms with Gasteiger partial charge in [0, 0.05) is 31.2 Å². The van der Waals surface area contributed by atoms with E-state index in [1.165, 1.54) is 5.56 Å². The lowest BCUT2D eigenvalue weighted by molar-refractivity contribution is 0.0684. The lowest BCUT2D eigenvalue weighted by atomic mass is 9.90. The molecule has 4 heteroatoms. The minimum Gasteiger partial charge on any atom is -0.337 e. The molecule has 2 aromatic rings. The number of nitrogens with zero attached hydrogens (tertiary/aromatic N) is 3. The fraction of sp³-hybridized carbons (Fsp3) is 0.389. The number of carbonyl (C=O) groups is 1. The molecule has 0 unspecified atom stereocenters. The second-order valence-electron chi connectivity index (χ2n) is 5.96. The fourth-order valence-corrected chi connectivity index (χ4v) is 3.06. The van der Waals surface area contributed by atoms with Crippen LogP contribution in [0.15, 0.2) is 42.7 Å². The second-order valence-corrected chi connectivity index (χ2v) is 5.96. The van der Waals surface area contributed by atoms with Crippen molar-refractivity contribution < 1.29 is 4.79 Å². The van der Waals surface area contributed by atoms with Crippen molar-refractivity contribution in [1.82, 2.24) is 14.9 Å². The Kier molecular flexibility index (Phi) is 4.47. The summed E-state index contributed by atoms with van der Waals surface area (Å²) in [6.45, 7) is 3.67. The Balaban J connectivity index is 1.55. The second kappa shape index (κ2) is 6.69. The van der Waals surface area contributed by atoms with E-state index >= 15 is 0 Å². The van der Waals surface area contributed by atoms with Gasteiger partial charge in [-0.1, -0.05) is 6.07 Å². The smallest absolute Gasteiger partial charge is 0.272 e. The van der Waals surface area contributed by atoms with Gasteiger partial charge in [-0.05, 0) is 61.9 Å². The highest BCUT2D eigenvalue weighted by Crippen LogP contribution is 2.22. The largest absolute Gasteiger partial charge is 0.337 e. The van der Waals surface area contributed by atoms with Crippen LogP contribution in [0.4, 0.5) is 0 Å². The molecule has 0 aromatic carbocycles. The lowest BCUT2D eigenvalue weighted by Crippen LogP contribution is -2.39. The Hall–Kier alpha value is -2.23. The third kappa shape index (κ3) is 3.50. The Labute approximate surface area is 131 Å². The molecule has 2 aromatic heterocycles. The molecular formula is C18H21N3O. The lowest BCUT2D eigenvalue weighted by Gasteiger charge is -2.32. The van der Waals surface area contributed by atoms with Crippen molar-refractivity contribution in [3.8, 4) is 0 Å². The van der Waals surface area contributed by atoms with Gasteiger partial charge in [-0.15, -0.1) is 0 Å². The number of hydrogen-bond donors (Lipinski definition) is 0. The number of pyridine rings is 2. The summed E-state index contributed by atoms with van der Waals surface area (Å²) in [6, 6.07) is 9.73. The van der Waals surface area contributed by atoms with E-state index in [0.717, 1.165) is 38.0 Å². The van der Waals surface area contributed by atoms with E-state index < -0.39 is 0 Å². The predicted molar refractivity (Wildman–Crippen MR) is 85.5 cm³/mol. The number of aromatic nitrogens is 2. The number of amides is 1. The molecule has 4 nitrogen and oxygen atoms in total. The van der Waals surface area contributed by atoms with Crippen molar-refractivity contribution in [1.29, 1.82) is 0 Å². The van der Waals surface area contributed by atoms with Gasteiger partial charge in [0.05, 0.1) is 0 Å². The quantitative estimate of drug-likeness (QED) is 0.874. The van der Waals surface area contributed by atoms with Gasteiger partial charge in [-0.25, -0.2) is 0 Å². The van der Waals surface area contributed by atoms with Crippen molar-refractivity contribution in [3.63, 3.8) is 0 Å². The first-order valence-electron chi connectivity index (χ1n) is 7.84. The molecule has 3 heterocycles. The minimum absolute atomic E-state index is 0.0544. The molecule has 0 N–H and O–H groups in total. The number of carbonyl (C=O) groups excluding carboxylic acids is 1. The maximum atomic E-state index is 12.4. The highest BCUT2D eigenvalue weighted by molar-refractivity contribution is 5.92. The highest BCUT2D eigenvalue weighted by Gasteiger charge is 2.24. The van der Waals surface area contributed by atoms with Crippen molar-refractivity contribution in [2.24, 2.45) is 5.92 Å². The highest BCUT2D eigenvalue weighted by atomic mass is 16.2. The van der Waals surface area contributed by atoms with E-state index in [1.54, 1.807) is 12.3 Å². The first-order valence-corrected chi connectivity index (χ1v) is 7.84. The summed E-state index contributed by atoms with van der Waals surface area (Å²) in [7, 11) is 0. The van der Waals surface area contributed by atoms with E-state index in [1.807, 2.05) is 30.2 Å². The van der Waals surface area contributed by atoms with Crippen LogP contribution in [0.3, 0.4) is 0 Å². The normalized spacial score (nSPS) is 15.8. The topological polar surface area (TPSA) is 46.1 Å². The summed E-state index contributed by atoms with van der Waals surface area (Å²) < 4.78 is 0. The van der Waals surface area contributed by atoms with Crippen LogP contribution >= 0.6 is 0 Å². The number of likely N-dealkylation sites (tertiary alicyclic amines) is 1. The summed E-state index contributed by atoms with van der Waals surface area (Å²) in [4.78, 5) is 22.7. The standard InChI is InChI=1S/C18H21N3O/c1-14-12-16(5-9-19-14)13-15-6-10-21(11-7-15)18(22)17-4-2-3-8-20-17/h2-5,8-9,12,15H,6-7,10-11,13H2,1H3. The van der Waals surface area contributed by atoms with E-state index in [0.29, 0.717) is 11.6 Å². The molecule has 1 amide bonds. The summed E-state index contributed by atoms with van der Waals surface area (Å²) in [5.74, 6) is 0.702. The first kappa shape index (κ1) is 14.7. The maximum absolute atomic E-state index is 12.4. The fourth-order valence-electron chi connectivity index (χ4n) is 3.06. The summed E-state index contributed by atoms with van der Waals surface area (Å²) >= 11 is 0. The van der Waals surface area contributed by atoms with Crippen LogP contribution in [-0.2, 0) is 6.42 Å². The van der Waals surface area contributed by atoms with E-state index in [-0.39, 0.29) is 5.91 Å². The van der Waals surface area contributed by atoms with E-state index in [2.05, 4.69) is 22.1 Å². The monoisotopic (exact) mass is 295 g/mol. The van der Waals surface area contributed by atoms with Gasteiger partial charge in [0.2, 0.25) is 0 Å². The Morgan fingerprint density at radius 2 is 2.00 bits per heavy atom. The van der Waals surface area contributed by atoms with Crippen molar-refractivity contribution in [2.45, 2.75) is 26.2 Å². The van der Waals surface area contributed by atoms with Crippen molar-refractivity contribution in [2.75, 3.05) is 13.1 Å². The SMILES string of the molecule is Cc1cc(CC2CCN(C(=O)c3ccccn3)CC2)ccn1. The first-order chi connectivity index (χ1) is 10.7. The molecule has 0 radical (unpaired) electrons. The Bertz CT molecular complexity index is 634. The molecule has 1 aliphatic rings. The van der Waals surface area contributed by atoms with Crippen LogP contribution < -0.4 is 0 Å².